The van der Waals surface area contributed by atoms with Gasteiger partial charge in [-0.3, -0.25) is 4.79 Å². The Hall–Kier alpha value is -4.06. The third-order valence-electron chi connectivity index (χ3n) is 6.93. The molecule has 41 heavy (non-hydrogen) atoms. The number of fused-ring (bicyclic) bond motifs is 1. The number of amides is 2. The van der Waals surface area contributed by atoms with E-state index in [4.69, 9.17) is 13.9 Å². The van der Waals surface area contributed by atoms with Crippen LogP contribution < -0.4 is 14.4 Å². The third-order valence-corrected chi connectivity index (χ3v) is 8.28. The average molecular weight is 586 g/mol. The van der Waals surface area contributed by atoms with Crippen molar-refractivity contribution in [2.45, 2.75) is 44.1 Å². The van der Waals surface area contributed by atoms with Crippen LogP contribution in [0.2, 0.25) is 0 Å². The molecule has 1 fully saturated rings. The van der Waals surface area contributed by atoms with Crippen LogP contribution in [0.3, 0.4) is 0 Å². The fourth-order valence-corrected chi connectivity index (χ4v) is 5.84. The second kappa shape index (κ2) is 10.7. The molecule has 0 unspecified atom stereocenters. The smallest absolute Gasteiger partial charge is 0.410 e. The number of carbonyl (C=O) groups excluding carboxylic acids is 2. The predicted octanol–water partition coefficient (Wildman–Crippen LogP) is 4.93. The molecule has 10 nitrogen and oxygen atoms in total. The first kappa shape index (κ1) is 28.5. The van der Waals surface area contributed by atoms with E-state index >= 15 is 0 Å². The topological polar surface area (TPSA) is 118 Å². The van der Waals surface area contributed by atoms with Gasteiger partial charge in [0.05, 0.1) is 12.5 Å². The Labute approximate surface area is 237 Å². The Balaban J connectivity index is 1.36. The molecule has 0 radical (unpaired) electrons. The van der Waals surface area contributed by atoms with Crippen LogP contribution in [-0.2, 0) is 14.8 Å². The lowest BCUT2D eigenvalue weighted by molar-refractivity contribution is 0.0270. The highest BCUT2D eigenvalue weighted by Gasteiger charge is 2.28. The summed E-state index contributed by atoms with van der Waals surface area (Å²) in [5.74, 6) is -1.90. The van der Waals surface area contributed by atoms with Gasteiger partial charge in [-0.2, -0.15) is 0 Å². The first-order valence-electron chi connectivity index (χ1n) is 13.3. The summed E-state index contributed by atoms with van der Waals surface area (Å²) < 4.78 is 59.7. The monoisotopic (exact) mass is 585 g/mol. The number of ether oxygens (including phenoxy) is 2. The average Bonchev–Trinajstić information content (AvgIpc) is 3.31. The molecular formula is C29H32FN3O7S. The lowest BCUT2D eigenvalue weighted by Gasteiger charge is -2.33. The fraction of sp³-hybridized carbons (Fsp3) is 0.379. The zero-order valence-electron chi connectivity index (χ0n) is 23.3. The van der Waals surface area contributed by atoms with Crippen LogP contribution in [0.4, 0.5) is 14.9 Å². The Morgan fingerprint density at radius 2 is 1.83 bits per heavy atom. The zero-order valence-corrected chi connectivity index (χ0v) is 24.1. The van der Waals surface area contributed by atoms with Crippen LogP contribution in [0.15, 0.2) is 51.8 Å². The van der Waals surface area contributed by atoms with Gasteiger partial charge in [0.1, 0.15) is 27.6 Å². The lowest BCUT2D eigenvalue weighted by atomic mass is 9.99. The fourth-order valence-electron chi connectivity index (χ4n) is 4.69. The van der Waals surface area contributed by atoms with Gasteiger partial charge in [-0.25, -0.2) is 22.3 Å². The number of hydrogen-bond donors (Lipinski definition) is 1. The van der Waals surface area contributed by atoms with Crippen LogP contribution in [0.5, 0.6) is 5.75 Å². The highest BCUT2D eigenvalue weighted by molar-refractivity contribution is 7.90. The molecule has 218 valence electrons. The minimum Gasteiger partial charge on any atom is -0.495 e. The van der Waals surface area contributed by atoms with Gasteiger partial charge in [0.15, 0.2) is 5.76 Å². The molecule has 0 saturated carbocycles. The summed E-state index contributed by atoms with van der Waals surface area (Å²) in [6.07, 6.45) is 2.90. The van der Waals surface area contributed by atoms with Gasteiger partial charge < -0.3 is 23.7 Å². The van der Waals surface area contributed by atoms with Crippen LogP contribution in [-0.4, -0.2) is 64.2 Å². The van der Waals surface area contributed by atoms with Crippen LogP contribution in [0.1, 0.15) is 49.7 Å². The summed E-state index contributed by atoms with van der Waals surface area (Å²) in [5.41, 5.74) is 1.62. The summed E-state index contributed by atoms with van der Waals surface area (Å²) in [6, 6.07) is 8.83. The van der Waals surface area contributed by atoms with Gasteiger partial charge in [0.2, 0.25) is 0 Å². The van der Waals surface area contributed by atoms with Gasteiger partial charge in [0.25, 0.3) is 10.0 Å². The van der Waals surface area contributed by atoms with E-state index in [0.29, 0.717) is 30.8 Å². The molecule has 2 aliphatic rings. The standard InChI is InChI=1S/C29H32FN3O7S/c1-29(2,3)40-28(35)33-12-8-18(9-13-33)19-6-7-23(38-4)26(14-19)41(36,37)31-27(34)25-17-21-22(30)15-20(16-24(21)39-25)32-10-5-11-32/h6-8,14-17H,5,9-13H2,1-4H3,(H,31,34). The maximum atomic E-state index is 14.7. The van der Waals surface area contributed by atoms with Gasteiger partial charge in [0, 0.05) is 44.0 Å². The molecule has 1 aromatic heterocycles. The summed E-state index contributed by atoms with van der Waals surface area (Å²) in [5, 5.41) is 0.0843. The van der Waals surface area contributed by atoms with Crippen LogP contribution in [0, 0.1) is 5.82 Å². The Morgan fingerprint density at radius 1 is 1.07 bits per heavy atom. The number of benzene rings is 2. The van der Waals surface area contributed by atoms with Gasteiger partial charge in [-0.15, -0.1) is 0 Å². The van der Waals surface area contributed by atoms with Crippen molar-refractivity contribution in [1.29, 1.82) is 0 Å². The lowest BCUT2D eigenvalue weighted by Crippen LogP contribution is -2.39. The molecule has 3 heterocycles. The molecule has 0 spiro atoms. The number of carbonyl (C=O) groups is 2. The van der Waals surface area contributed by atoms with E-state index in [2.05, 4.69) is 0 Å². The number of furan rings is 1. The van der Waals surface area contributed by atoms with Gasteiger partial charge >= 0.3 is 12.0 Å². The molecule has 0 atom stereocenters. The molecule has 2 aliphatic heterocycles. The number of nitrogens with zero attached hydrogens (tertiary/aromatic N) is 2. The number of sulfonamides is 1. The van der Waals surface area contributed by atoms with E-state index < -0.39 is 33.4 Å². The molecule has 2 amide bonds. The number of anilines is 1. The molecule has 1 saturated heterocycles. The Kier molecular flexibility index (Phi) is 7.45. The van der Waals surface area contributed by atoms with E-state index in [1.807, 2.05) is 15.7 Å². The molecule has 5 rings (SSSR count). The SMILES string of the molecule is COc1ccc(C2=CCN(C(=O)OC(C)(C)C)CC2)cc1S(=O)(=O)NC(=O)c1cc2c(F)cc(N3CCC3)cc2o1. The minimum atomic E-state index is -4.42. The van der Waals surface area contributed by atoms with E-state index in [0.717, 1.165) is 25.1 Å². The van der Waals surface area contributed by atoms with Gasteiger partial charge in [-0.05, 0) is 62.9 Å². The van der Waals surface area contributed by atoms with Gasteiger partial charge in [-0.1, -0.05) is 12.1 Å². The van der Waals surface area contributed by atoms with Crippen molar-refractivity contribution in [2.75, 3.05) is 38.2 Å². The predicted molar refractivity (Wildman–Crippen MR) is 151 cm³/mol. The normalized spacial score (nSPS) is 15.8. The molecule has 0 bridgehead atoms. The molecule has 0 aliphatic carbocycles. The number of nitrogens with one attached hydrogen (secondary N) is 1. The first-order valence-corrected chi connectivity index (χ1v) is 14.7. The van der Waals surface area contributed by atoms with E-state index in [1.165, 1.54) is 31.4 Å². The number of rotatable bonds is 6. The second-order valence-corrected chi connectivity index (χ2v) is 12.6. The number of halogens is 1. The van der Waals surface area contributed by atoms with E-state index in [9.17, 15) is 22.4 Å². The maximum absolute atomic E-state index is 14.7. The van der Waals surface area contributed by atoms with E-state index in [-0.39, 0.29) is 27.4 Å². The quantitative estimate of drug-likeness (QED) is 0.433. The van der Waals surface area contributed by atoms with Crippen molar-refractivity contribution in [1.82, 2.24) is 9.62 Å². The minimum absolute atomic E-state index is 0.0377. The zero-order chi connectivity index (χ0) is 29.5. The largest absolute Gasteiger partial charge is 0.495 e. The second-order valence-electron chi connectivity index (χ2n) is 11.0. The third kappa shape index (κ3) is 6.02. The van der Waals surface area contributed by atoms with Crippen molar-refractivity contribution in [3.63, 3.8) is 0 Å². The van der Waals surface area contributed by atoms with Crippen molar-refractivity contribution in [3.8, 4) is 5.75 Å². The highest BCUT2D eigenvalue weighted by Crippen LogP contribution is 2.32. The molecule has 12 heteroatoms. The first-order chi connectivity index (χ1) is 19.3. The molecule has 3 aromatic rings. The summed E-state index contributed by atoms with van der Waals surface area (Å²) in [4.78, 5) is 28.7. The number of hydrogen-bond acceptors (Lipinski definition) is 8. The summed E-state index contributed by atoms with van der Waals surface area (Å²) >= 11 is 0. The van der Waals surface area contributed by atoms with Crippen molar-refractivity contribution in [2.24, 2.45) is 0 Å². The summed E-state index contributed by atoms with van der Waals surface area (Å²) in [7, 11) is -3.09. The van der Waals surface area contributed by atoms with Crippen molar-refractivity contribution < 1.29 is 36.3 Å². The van der Waals surface area contributed by atoms with Crippen LogP contribution in [0.25, 0.3) is 16.5 Å². The Bertz CT molecular complexity index is 1650. The highest BCUT2D eigenvalue weighted by atomic mass is 32.2. The van der Waals surface area contributed by atoms with Crippen molar-refractivity contribution >= 4 is 44.3 Å². The molecule has 2 aromatic carbocycles. The summed E-state index contributed by atoms with van der Waals surface area (Å²) in [6.45, 7) is 7.69. The van der Waals surface area contributed by atoms with Crippen LogP contribution >= 0.6 is 0 Å². The Morgan fingerprint density at radius 3 is 2.44 bits per heavy atom. The van der Waals surface area contributed by atoms with Crippen molar-refractivity contribution in [3.05, 3.63) is 59.6 Å². The molecule has 1 N–H and O–H groups in total. The maximum Gasteiger partial charge on any atom is 0.410 e. The molecular weight excluding hydrogens is 553 g/mol. The number of methoxy groups -OCH3 is 1. The van der Waals surface area contributed by atoms with E-state index in [1.54, 1.807) is 37.8 Å².